The van der Waals surface area contributed by atoms with Crippen LogP contribution < -0.4 is 5.32 Å². The Balaban J connectivity index is 2.19. The molecule has 0 bridgehead atoms. The lowest BCUT2D eigenvalue weighted by Gasteiger charge is -2.05. The Morgan fingerprint density at radius 2 is 1.85 bits per heavy atom. The second-order valence-corrected chi connectivity index (χ2v) is 4.99. The first-order valence-corrected chi connectivity index (χ1v) is 7.09. The van der Waals surface area contributed by atoms with Gasteiger partial charge in [0.05, 0.1) is 39.6 Å². The third kappa shape index (κ3) is 7.05. The summed E-state index contributed by atoms with van der Waals surface area (Å²) in [5, 5.41) is 3.33. The minimum absolute atomic E-state index is 0.448. The molecule has 116 valence electrons. The normalized spacial score (nSPS) is 11.4. The van der Waals surface area contributed by atoms with Crippen molar-refractivity contribution in [1.82, 2.24) is 5.32 Å². The van der Waals surface area contributed by atoms with Gasteiger partial charge < -0.3 is 23.9 Å². The summed E-state index contributed by atoms with van der Waals surface area (Å²) >= 11 is 0. The number of furan rings is 1. The maximum Gasteiger partial charge on any atom is 0.118 e. The molecule has 0 fully saturated rings. The van der Waals surface area contributed by atoms with Gasteiger partial charge in [-0.15, -0.1) is 0 Å². The van der Waals surface area contributed by atoms with Gasteiger partial charge in [0, 0.05) is 18.7 Å². The molecule has 5 nitrogen and oxygen atoms in total. The SMILES string of the molecule is COCCOCCOCc1cc(CNC(C)C)oc1C. The van der Waals surface area contributed by atoms with Crippen LogP contribution in [0.2, 0.25) is 0 Å². The Labute approximate surface area is 121 Å². The number of hydrogen-bond acceptors (Lipinski definition) is 5. The van der Waals surface area contributed by atoms with E-state index in [0.29, 0.717) is 39.1 Å². The van der Waals surface area contributed by atoms with Crippen molar-refractivity contribution in [2.24, 2.45) is 0 Å². The average Bonchev–Trinajstić information content (AvgIpc) is 2.76. The van der Waals surface area contributed by atoms with Crippen LogP contribution in [0, 0.1) is 6.92 Å². The number of nitrogens with one attached hydrogen (secondary N) is 1. The summed E-state index contributed by atoms with van der Waals surface area (Å²) < 4.78 is 21.5. The zero-order valence-electron chi connectivity index (χ0n) is 13.0. The van der Waals surface area contributed by atoms with Gasteiger partial charge >= 0.3 is 0 Å². The summed E-state index contributed by atoms with van der Waals surface area (Å²) in [5.41, 5.74) is 1.10. The van der Waals surface area contributed by atoms with Gasteiger partial charge in [-0.3, -0.25) is 0 Å². The molecule has 0 aromatic carbocycles. The van der Waals surface area contributed by atoms with Crippen molar-refractivity contribution in [3.05, 3.63) is 23.2 Å². The second kappa shape index (κ2) is 9.94. The monoisotopic (exact) mass is 285 g/mol. The highest BCUT2D eigenvalue weighted by molar-refractivity contribution is 5.19. The van der Waals surface area contributed by atoms with Crippen LogP contribution in [0.4, 0.5) is 0 Å². The van der Waals surface area contributed by atoms with Crippen LogP contribution in [-0.4, -0.2) is 39.6 Å². The summed E-state index contributed by atoms with van der Waals surface area (Å²) in [4.78, 5) is 0. The minimum Gasteiger partial charge on any atom is -0.465 e. The molecule has 1 heterocycles. The van der Waals surface area contributed by atoms with Crippen molar-refractivity contribution < 1.29 is 18.6 Å². The molecule has 20 heavy (non-hydrogen) atoms. The van der Waals surface area contributed by atoms with Crippen LogP contribution in [0.1, 0.15) is 30.9 Å². The van der Waals surface area contributed by atoms with Crippen molar-refractivity contribution in [2.75, 3.05) is 33.5 Å². The van der Waals surface area contributed by atoms with E-state index in [2.05, 4.69) is 25.2 Å². The van der Waals surface area contributed by atoms with Gasteiger partial charge in [0.25, 0.3) is 0 Å². The molecular formula is C15H27NO4. The molecule has 0 amide bonds. The first-order valence-electron chi connectivity index (χ1n) is 7.09. The maximum atomic E-state index is 5.68. The van der Waals surface area contributed by atoms with Gasteiger partial charge in [-0.25, -0.2) is 0 Å². The fourth-order valence-corrected chi connectivity index (χ4v) is 1.67. The highest BCUT2D eigenvalue weighted by atomic mass is 16.5. The molecule has 5 heteroatoms. The first-order chi connectivity index (χ1) is 9.63. The van der Waals surface area contributed by atoms with Gasteiger partial charge in [-0.1, -0.05) is 13.8 Å². The molecular weight excluding hydrogens is 258 g/mol. The molecule has 0 aliphatic rings. The molecule has 0 aliphatic heterocycles. The standard InChI is InChI=1S/C15H27NO4/c1-12(2)16-10-15-9-14(13(3)20-15)11-19-8-7-18-6-5-17-4/h9,12,16H,5-8,10-11H2,1-4H3. The van der Waals surface area contributed by atoms with E-state index >= 15 is 0 Å². The van der Waals surface area contributed by atoms with Crippen LogP contribution in [0.15, 0.2) is 10.5 Å². The number of ether oxygens (including phenoxy) is 3. The van der Waals surface area contributed by atoms with E-state index < -0.39 is 0 Å². The average molecular weight is 285 g/mol. The highest BCUT2D eigenvalue weighted by Gasteiger charge is 2.07. The van der Waals surface area contributed by atoms with E-state index in [4.69, 9.17) is 18.6 Å². The second-order valence-electron chi connectivity index (χ2n) is 4.99. The third-order valence-corrected chi connectivity index (χ3v) is 2.82. The molecule has 0 spiro atoms. The van der Waals surface area contributed by atoms with Crippen LogP contribution in [0.25, 0.3) is 0 Å². The van der Waals surface area contributed by atoms with E-state index in [1.807, 2.05) is 6.92 Å². The molecule has 1 aromatic rings. The lowest BCUT2D eigenvalue weighted by atomic mass is 10.2. The highest BCUT2D eigenvalue weighted by Crippen LogP contribution is 2.15. The topological polar surface area (TPSA) is 52.9 Å². The molecule has 0 atom stereocenters. The van der Waals surface area contributed by atoms with E-state index in [1.165, 1.54) is 0 Å². The number of rotatable bonds is 11. The van der Waals surface area contributed by atoms with E-state index in [0.717, 1.165) is 23.6 Å². The van der Waals surface area contributed by atoms with Crippen molar-refractivity contribution >= 4 is 0 Å². The molecule has 0 aliphatic carbocycles. The van der Waals surface area contributed by atoms with Crippen molar-refractivity contribution in [3.8, 4) is 0 Å². The fourth-order valence-electron chi connectivity index (χ4n) is 1.67. The van der Waals surface area contributed by atoms with Crippen molar-refractivity contribution in [1.29, 1.82) is 0 Å². The summed E-state index contributed by atoms with van der Waals surface area (Å²) in [6.45, 7) is 9.89. The summed E-state index contributed by atoms with van der Waals surface area (Å²) in [6, 6.07) is 2.50. The molecule has 0 saturated heterocycles. The largest absolute Gasteiger partial charge is 0.465 e. The minimum atomic E-state index is 0.448. The number of hydrogen-bond donors (Lipinski definition) is 1. The quantitative estimate of drug-likeness (QED) is 0.632. The molecule has 0 unspecified atom stereocenters. The Kier molecular flexibility index (Phi) is 8.53. The maximum absolute atomic E-state index is 5.68. The van der Waals surface area contributed by atoms with E-state index in [9.17, 15) is 0 Å². The van der Waals surface area contributed by atoms with Crippen molar-refractivity contribution in [3.63, 3.8) is 0 Å². The molecule has 1 aromatic heterocycles. The summed E-state index contributed by atoms with van der Waals surface area (Å²) in [5.74, 6) is 1.87. The van der Waals surface area contributed by atoms with Crippen LogP contribution >= 0.6 is 0 Å². The number of methoxy groups -OCH3 is 1. The lowest BCUT2D eigenvalue weighted by Crippen LogP contribution is -2.21. The van der Waals surface area contributed by atoms with Gasteiger partial charge in [-0.05, 0) is 13.0 Å². The Morgan fingerprint density at radius 3 is 2.55 bits per heavy atom. The van der Waals surface area contributed by atoms with Gasteiger partial charge in [0.1, 0.15) is 11.5 Å². The summed E-state index contributed by atoms with van der Waals surface area (Å²) in [7, 11) is 1.66. The van der Waals surface area contributed by atoms with E-state index in [-0.39, 0.29) is 0 Å². The van der Waals surface area contributed by atoms with E-state index in [1.54, 1.807) is 7.11 Å². The third-order valence-electron chi connectivity index (χ3n) is 2.82. The van der Waals surface area contributed by atoms with Crippen molar-refractivity contribution in [2.45, 2.75) is 40.0 Å². The van der Waals surface area contributed by atoms with Crippen LogP contribution in [0.5, 0.6) is 0 Å². The smallest absolute Gasteiger partial charge is 0.118 e. The van der Waals surface area contributed by atoms with Gasteiger partial charge in [0.2, 0.25) is 0 Å². The Morgan fingerprint density at radius 1 is 1.15 bits per heavy atom. The molecule has 0 radical (unpaired) electrons. The van der Waals surface area contributed by atoms with Gasteiger partial charge in [0.15, 0.2) is 0 Å². The first kappa shape index (κ1) is 17.2. The predicted molar refractivity (Wildman–Crippen MR) is 77.8 cm³/mol. The molecule has 1 N–H and O–H groups in total. The Bertz CT molecular complexity index is 363. The Hall–Kier alpha value is -0.880. The zero-order valence-corrected chi connectivity index (χ0v) is 13.0. The molecule has 1 rings (SSSR count). The lowest BCUT2D eigenvalue weighted by molar-refractivity contribution is 0.0197. The van der Waals surface area contributed by atoms with Gasteiger partial charge in [-0.2, -0.15) is 0 Å². The van der Waals surface area contributed by atoms with Crippen LogP contribution in [0.3, 0.4) is 0 Å². The predicted octanol–water partition coefficient (Wildman–Crippen LogP) is 2.27. The zero-order chi connectivity index (χ0) is 14.8. The summed E-state index contributed by atoms with van der Waals surface area (Å²) in [6.07, 6.45) is 0. The number of aryl methyl sites for hydroxylation is 1. The van der Waals surface area contributed by atoms with Crippen LogP contribution in [-0.2, 0) is 27.4 Å². The fraction of sp³-hybridized carbons (Fsp3) is 0.733. The molecule has 0 saturated carbocycles.